The van der Waals surface area contributed by atoms with E-state index in [0.717, 1.165) is 28.1 Å². The van der Waals surface area contributed by atoms with Crippen LogP contribution in [0, 0.1) is 0 Å². The van der Waals surface area contributed by atoms with E-state index in [1.807, 2.05) is 35.0 Å². The summed E-state index contributed by atoms with van der Waals surface area (Å²) in [5.41, 5.74) is 4.68. The smallest absolute Gasteiger partial charge is 0.337 e. The number of carbonyl (C=O) groups excluding carboxylic acids is 1. The summed E-state index contributed by atoms with van der Waals surface area (Å²) in [6.07, 6.45) is 1.77. The van der Waals surface area contributed by atoms with Crippen molar-refractivity contribution in [3.8, 4) is 16.9 Å². The average molecular weight is 559 g/mol. The fourth-order valence-electron chi connectivity index (χ4n) is 3.89. The third-order valence-electron chi connectivity index (χ3n) is 5.79. The van der Waals surface area contributed by atoms with E-state index in [1.165, 1.54) is 7.11 Å². The molecule has 0 spiro atoms. The first-order chi connectivity index (χ1) is 17.8. The van der Waals surface area contributed by atoms with Crippen molar-refractivity contribution in [3.63, 3.8) is 0 Å². The highest BCUT2D eigenvalue weighted by Gasteiger charge is 2.19. The van der Waals surface area contributed by atoms with Gasteiger partial charge in [-0.2, -0.15) is 5.10 Å². The highest BCUT2D eigenvalue weighted by atomic mass is 35.5. The predicted octanol–water partition coefficient (Wildman–Crippen LogP) is 8.07. The fourth-order valence-corrected chi connectivity index (χ4v) is 4.73. The SMILES string of the molecule is COC(=O)c1ccc(CNc2ccc(OCc3c(-c4c(Cl)cccc4Cl)cnn3C(C)C)cc2Cl)cc1. The molecule has 192 valence electrons. The Balaban J connectivity index is 1.47. The number of rotatable bonds is 9. The first-order valence-electron chi connectivity index (χ1n) is 11.6. The van der Waals surface area contributed by atoms with Crippen LogP contribution in [0.3, 0.4) is 0 Å². The standard InChI is InChI=1S/C28H26Cl3N3O3/c1-17(2)34-26(21(15-33-34)27-22(29)5-4-6-23(27)30)16-37-20-11-12-25(24(31)13-20)32-14-18-7-9-19(10-8-18)28(35)36-3/h4-13,15,17,32H,14,16H2,1-3H3. The van der Waals surface area contributed by atoms with Crippen LogP contribution in [0.4, 0.5) is 5.69 Å². The molecule has 1 N–H and O–H groups in total. The minimum Gasteiger partial charge on any atom is -0.487 e. The lowest BCUT2D eigenvalue weighted by molar-refractivity contribution is 0.0600. The molecule has 0 radical (unpaired) electrons. The fraction of sp³-hybridized carbons (Fsp3) is 0.214. The Bertz CT molecular complexity index is 1380. The van der Waals surface area contributed by atoms with E-state index in [-0.39, 0.29) is 18.6 Å². The molecular weight excluding hydrogens is 533 g/mol. The number of methoxy groups -OCH3 is 1. The quantitative estimate of drug-likeness (QED) is 0.210. The first-order valence-corrected chi connectivity index (χ1v) is 12.8. The summed E-state index contributed by atoms with van der Waals surface area (Å²) in [6.45, 7) is 4.89. The first kappa shape index (κ1) is 26.9. The molecule has 9 heteroatoms. The van der Waals surface area contributed by atoms with Crippen molar-refractivity contribution in [3.05, 3.63) is 98.7 Å². The third-order valence-corrected chi connectivity index (χ3v) is 6.74. The number of nitrogens with zero attached hydrogens (tertiary/aromatic N) is 2. The van der Waals surface area contributed by atoms with E-state index >= 15 is 0 Å². The monoisotopic (exact) mass is 557 g/mol. The predicted molar refractivity (Wildman–Crippen MR) is 149 cm³/mol. The summed E-state index contributed by atoms with van der Waals surface area (Å²) >= 11 is 19.5. The van der Waals surface area contributed by atoms with E-state index in [2.05, 4.69) is 24.3 Å². The van der Waals surface area contributed by atoms with Gasteiger partial charge in [-0.25, -0.2) is 4.79 Å². The number of esters is 1. The van der Waals surface area contributed by atoms with Gasteiger partial charge in [0, 0.05) is 29.8 Å². The molecule has 37 heavy (non-hydrogen) atoms. The van der Waals surface area contributed by atoms with Crippen molar-refractivity contribution in [2.24, 2.45) is 0 Å². The lowest BCUT2D eigenvalue weighted by Crippen LogP contribution is -2.11. The molecule has 0 unspecified atom stereocenters. The Hall–Kier alpha value is -3.19. The lowest BCUT2D eigenvalue weighted by Gasteiger charge is -2.16. The molecule has 0 fully saturated rings. The largest absolute Gasteiger partial charge is 0.487 e. The highest BCUT2D eigenvalue weighted by molar-refractivity contribution is 6.39. The van der Waals surface area contributed by atoms with Gasteiger partial charge in [0.25, 0.3) is 0 Å². The van der Waals surface area contributed by atoms with Gasteiger partial charge >= 0.3 is 5.97 Å². The van der Waals surface area contributed by atoms with Crippen LogP contribution in [-0.4, -0.2) is 22.9 Å². The summed E-state index contributed by atoms with van der Waals surface area (Å²) in [5.74, 6) is 0.252. The van der Waals surface area contributed by atoms with Crippen molar-refractivity contribution < 1.29 is 14.3 Å². The molecule has 4 aromatic rings. The zero-order valence-corrected chi connectivity index (χ0v) is 22.9. The summed E-state index contributed by atoms with van der Waals surface area (Å²) in [5, 5.41) is 9.48. The van der Waals surface area contributed by atoms with Gasteiger partial charge in [-0.05, 0) is 55.8 Å². The number of anilines is 1. The number of ether oxygens (including phenoxy) is 2. The van der Waals surface area contributed by atoms with Gasteiger partial charge in [0.2, 0.25) is 0 Å². The Kier molecular flexibility index (Phi) is 8.64. The number of benzene rings is 3. The lowest BCUT2D eigenvalue weighted by atomic mass is 10.1. The normalized spacial score (nSPS) is 11.0. The summed E-state index contributed by atoms with van der Waals surface area (Å²) in [4.78, 5) is 11.6. The molecule has 6 nitrogen and oxygen atoms in total. The van der Waals surface area contributed by atoms with Gasteiger partial charge in [0.05, 0.1) is 45.3 Å². The van der Waals surface area contributed by atoms with Gasteiger partial charge in [0.1, 0.15) is 12.4 Å². The molecule has 0 amide bonds. The zero-order valence-electron chi connectivity index (χ0n) is 20.6. The van der Waals surface area contributed by atoms with Gasteiger partial charge < -0.3 is 14.8 Å². The number of hydrogen-bond acceptors (Lipinski definition) is 5. The number of carbonyl (C=O) groups is 1. The molecule has 0 aliphatic rings. The van der Waals surface area contributed by atoms with E-state index in [9.17, 15) is 4.79 Å². The van der Waals surface area contributed by atoms with Gasteiger partial charge in [-0.1, -0.05) is 53.0 Å². The zero-order chi connectivity index (χ0) is 26.5. The van der Waals surface area contributed by atoms with Crippen LogP contribution < -0.4 is 10.1 Å². The molecule has 0 aliphatic carbocycles. The Morgan fingerprint density at radius 3 is 2.32 bits per heavy atom. The van der Waals surface area contributed by atoms with Crippen LogP contribution in [0.1, 0.15) is 41.5 Å². The second-order valence-corrected chi connectivity index (χ2v) is 9.83. The Labute approximate surface area is 231 Å². The maximum Gasteiger partial charge on any atom is 0.337 e. The minimum absolute atomic E-state index is 0.116. The van der Waals surface area contributed by atoms with Crippen LogP contribution in [-0.2, 0) is 17.9 Å². The van der Waals surface area contributed by atoms with Gasteiger partial charge in [0.15, 0.2) is 0 Å². The summed E-state index contributed by atoms with van der Waals surface area (Å²) in [7, 11) is 1.36. The topological polar surface area (TPSA) is 65.4 Å². The molecule has 3 aromatic carbocycles. The average Bonchev–Trinajstić information content (AvgIpc) is 3.30. The van der Waals surface area contributed by atoms with Crippen molar-refractivity contribution >= 4 is 46.5 Å². The van der Waals surface area contributed by atoms with Gasteiger partial charge in [-0.15, -0.1) is 0 Å². The molecule has 4 rings (SSSR count). The second-order valence-electron chi connectivity index (χ2n) is 8.61. The van der Waals surface area contributed by atoms with Crippen LogP contribution in [0.25, 0.3) is 11.1 Å². The summed E-state index contributed by atoms with van der Waals surface area (Å²) < 4.78 is 12.8. The van der Waals surface area contributed by atoms with E-state index in [4.69, 9.17) is 44.3 Å². The molecule has 0 bridgehead atoms. The molecule has 0 atom stereocenters. The van der Waals surface area contributed by atoms with Crippen LogP contribution in [0.2, 0.25) is 15.1 Å². The van der Waals surface area contributed by atoms with Crippen molar-refractivity contribution in [2.75, 3.05) is 12.4 Å². The van der Waals surface area contributed by atoms with Crippen molar-refractivity contribution in [2.45, 2.75) is 33.0 Å². The Morgan fingerprint density at radius 2 is 1.70 bits per heavy atom. The highest BCUT2D eigenvalue weighted by Crippen LogP contribution is 2.37. The molecule has 1 aromatic heterocycles. The molecule has 0 saturated carbocycles. The van der Waals surface area contributed by atoms with E-state index < -0.39 is 0 Å². The molecule has 0 saturated heterocycles. The minimum atomic E-state index is -0.364. The van der Waals surface area contributed by atoms with E-state index in [0.29, 0.717) is 32.9 Å². The number of halogens is 3. The Morgan fingerprint density at radius 1 is 1.00 bits per heavy atom. The van der Waals surface area contributed by atoms with Crippen LogP contribution in [0.5, 0.6) is 5.75 Å². The van der Waals surface area contributed by atoms with Crippen LogP contribution >= 0.6 is 34.8 Å². The third kappa shape index (κ3) is 6.21. The molecular formula is C28H26Cl3N3O3. The van der Waals surface area contributed by atoms with Crippen molar-refractivity contribution in [1.29, 1.82) is 0 Å². The molecule has 0 aliphatic heterocycles. The summed E-state index contributed by atoms with van der Waals surface area (Å²) in [6, 6.07) is 18.2. The van der Waals surface area contributed by atoms with E-state index in [1.54, 1.807) is 36.5 Å². The number of hydrogen-bond donors (Lipinski definition) is 1. The van der Waals surface area contributed by atoms with Crippen LogP contribution in [0.15, 0.2) is 66.9 Å². The maximum absolute atomic E-state index is 11.6. The van der Waals surface area contributed by atoms with Gasteiger partial charge in [-0.3, -0.25) is 4.68 Å². The van der Waals surface area contributed by atoms with Crippen molar-refractivity contribution in [1.82, 2.24) is 9.78 Å². The number of aromatic nitrogens is 2. The number of nitrogens with one attached hydrogen (secondary N) is 1. The molecule has 1 heterocycles. The maximum atomic E-state index is 11.6. The second kappa shape index (κ2) is 11.9.